The minimum absolute atomic E-state index is 0.226. The van der Waals surface area contributed by atoms with E-state index < -0.39 is 0 Å². The minimum Gasteiger partial charge on any atom is -0.489 e. The molecule has 0 unspecified atom stereocenters. The number of ether oxygens (including phenoxy) is 1. The van der Waals surface area contributed by atoms with Gasteiger partial charge in [0.15, 0.2) is 0 Å². The normalized spacial score (nSPS) is 10.7. The molecule has 2 rings (SSSR count). The molecule has 0 spiro atoms. The van der Waals surface area contributed by atoms with Gasteiger partial charge in [-0.25, -0.2) is 4.39 Å². The molecule has 2 aromatic rings. The van der Waals surface area contributed by atoms with Gasteiger partial charge in [0.05, 0.1) is 0 Å². The number of hydrogen-bond donors (Lipinski definition) is 2. The third-order valence-corrected chi connectivity index (χ3v) is 3.50. The number of halogens is 1. The van der Waals surface area contributed by atoms with E-state index >= 15 is 0 Å². The van der Waals surface area contributed by atoms with E-state index in [1.807, 2.05) is 18.2 Å². The molecule has 0 radical (unpaired) electrons. The molecule has 0 saturated carbocycles. The molecule has 0 atom stereocenters. The molecule has 2 aromatic carbocycles. The Morgan fingerprint density at radius 1 is 0.957 bits per heavy atom. The summed E-state index contributed by atoms with van der Waals surface area (Å²) in [7, 11) is 0. The van der Waals surface area contributed by atoms with Gasteiger partial charge in [0.2, 0.25) is 0 Å². The average molecular weight is 316 g/mol. The summed E-state index contributed by atoms with van der Waals surface area (Å²) in [6.45, 7) is 6.45. The van der Waals surface area contributed by atoms with Gasteiger partial charge >= 0.3 is 0 Å². The lowest BCUT2D eigenvalue weighted by molar-refractivity contribution is 0.305. The highest BCUT2D eigenvalue weighted by molar-refractivity contribution is 5.29. The lowest BCUT2D eigenvalue weighted by Gasteiger charge is -2.09. The molecule has 0 aliphatic carbocycles. The Morgan fingerprint density at radius 3 is 2.52 bits per heavy atom. The first-order chi connectivity index (χ1) is 11.3. The van der Waals surface area contributed by atoms with Crippen LogP contribution in [0.1, 0.15) is 24.5 Å². The summed E-state index contributed by atoms with van der Waals surface area (Å²) in [4.78, 5) is 0. The van der Waals surface area contributed by atoms with E-state index in [0.717, 1.165) is 43.9 Å². The lowest BCUT2D eigenvalue weighted by atomic mass is 10.2. The number of benzene rings is 2. The number of nitrogens with one attached hydrogen (secondary N) is 2. The van der Waals surface area contributed by atoms with Crippen molar-refractivity contribution in [2.75, 3.05) is 19.6 Å². The second-order valence-corrected chi connectivity index (χ2v) is 5.45. The molecule has 0 aromatic heterocycles. The van der Waals surface area contributed by atoms with Crippen LogP contribution in [0.15, 0.2) is 48.5 Å². The van der Waals surface area contributed by atoms with Crippen molar-refractivity contribution in [3.05, 3.63) is 65.5 Å². The van der Waals surface area contributed by atoms with Crippen molar-refractivity contribution in [3.63, 3.8) is 0 Å². The number of hydrogen-bond acceptors (Lipinski definition) is 3. The van der Waals surface area contributed by atoms with E-state index in [2.05, 4.69) is 23.6 Å². The maximum absolute atomic E-state index is 12.9. The molecule has 4 heteroatoms. The first-order valence-corrected chi connectivity index (χ1v) is 8.15. The van der Waals surface area contributed by atoms with Crippen molar-refractivity contribution in [2.24, 2.45) is 0 Å². The average Bonchev–Trinajstić information content (AvgIpc) is 2.58. The quantitative estimate of drug-likeness (QED) is 0.658. The van der Waals surface area contributed by atoms with Gasteiger partial charge in [-0.1, -0.05) is 31.2 Å². The summed E-state index contributed by atoms with van der Waals surface area (Å²) in [6, 6.07) is 14.5. The van der Waals surface area contributed by atoms with Crippen LogP contribution in [0.25, 0.3) is 0 Å². The van der Waals surface area contributed by atoms with Gasteiger partial charge in [0.25, 0.3) is 0 Å². The Morgan fingerprint density at radius 2 is 1.74 bits per heavy atom. The fraction of sp³-hybridized carbons (Fsp3) is 0.368. The van der Waals surface area contributed by atoms with Crippen molar-refractivity contribution in [1.82, 2.24) is 10.6 Å². The maximum Gasteiger partial charge on any atom is 0.123 e. The Bertz CT molecular complexity index is 572. The van der Waals surface area contributed by atoms with Crippen LogP contribution >= 0.6 is 0 Å². The first-order valence-electron chi connectivity index (χ1n) is 8.15. The van der Waals surface area contributed by atoms with Crippen LogP contribution in [-0.2, 0) is 13.2 Å². The van der Waals surface area contributed by atoms with Crippen molar-refractivity contribution in [3.8, 4) is 5.75 Å². The van der Waals surface area contributed by atoms with Gasteiger partial charge in [-0.05, 0) is 61.4 Å². The molecular formula is C19H25FN2O. The smallest absolute Gasteiger partial charge is 0.123 e. The monoisotopic (exact) mass is 316 g/mol. The van der Waals surface area contributed by atoms with Crippen LogP contribution in [0.4, 0.5) is 4.39 Å². The SMILES string of the molecule is CCNCCCNCc1cccc(OCc2ccc(F)cc2)c1. The van der Waals surface area contributed by atoms with Crippen LogP contribution in [0.3, 0.4) is 0 Å². The summed E-state index contributed by atoms with van der Waals surface area (Å²) in [5.41, 5.74) is 2.16. The Kier molecular flexibility index (Phi) is 7.57. The third-order valence-electron chi connectivity index (χ3n) is 3.50. The topological polar surface area (TPSA) is 33.3 Å². The molecule has 0 fully saturated rings. The molecule has 124 valence electrons. The molecular weight excluding hydrogens is 291 g/mol. The van der Waals surface area contributed by atoms with Crippen LogP contribution < -0.4 is 15.4 Å². The van der Waals surface area contributed by atoms with Gasteiger partial charge < -0.3 is 15.4 Å². The molecule has 0 aliphatic heterocycles. The zero-order valence-electron chi connectivity index (χ0n) is 13.6. The van der Waals surface area contributed by atoms with Crippen molar-refractivity contribution >= 4 is 0 Å². The largest absolute Gasteiger partial charge is 0.489 e. The Hall–Kier alpha value is -1.91. The predicted molar refractivity (Wildman–Crippen MR) is 92.0 cm³/mol. The second-order valence-electron chi connectivity index (χ2n) is 5.45. The summed E-state index contributed by atoms with van der Waals surface area (Å²) in [6.07, 6.45) is 1.12. The maximum atomic E-state index is 12.9. The molecule has 0 heterocycles. The van der Waals surface area contributed by atoms with Crippen molar-refractivity contribution in [1.29, 1.82) is 0 Å². The Labute approximate surface area is 137 Å². The lowest BCUT2D eigenvalue weighted by Crippen LogP contribution is -2.21. The molecule has 0 saturated heterocycles. The molecule has 3 nitrogen and oxygen atoms in total. The van der Waals surface area contributed by atoms with E-state index in [-0.39, 0.29) is 5.82 Å². The van der Waals surface area contributed by atoms with E-state index in [4.69, 9.17) is 4.74 Å². The van der Waals surface area contributed by atoms with Gasteiger partial charge in [0, 0.05) is 6.54 Å². The summed E-state index contributed by atoms with van der Waals surface area (Å²) < 4.78 is 18.6. The van der Waals surface area contributed by atoms with Crippen molar-refractivity contribution < 1.29 is 9.13 Å². The van der Waals surface area contributed by atoms with Crippen LogP contribution in [0.5, 0.6) is 5.75 Å². The number of rotatable bonds is 10. The first kappa shape index (κ1) is 17.4. The fourth-order valence-electron chi connectivity index (χ4n) is 2.24. The minimum atomic E-state index is -0.226. The predicted octanol–water partition coefficient (Wildman–Crippen LogP) is 3.49. The van der Waals surface area contributed by atoms with E-state index in [1.54, 1.807) is 12.1 Å². The van der Waals surface area contributed by atoms with E-state index in [1.165, 1.54) is 17.7 Å². The Balaban J connectivity index is 1.74. The highest BCUT2D eigenvalue weighted by Gasteiger charge is 1.99. The van der Waals surface area contributed by atoms with Gasteiger partial charge in [-0.3, -0.25) is 0 Å². The third kappa shape index (κ3) is 6.80. The summed E-state index contributed by atoms with van der Waals surface area (Å²) in [5.74, 6) is 0.609. The van der Waals surface area contributed by atoms with Crippen LogP contribution in [0, 0.1) is 5.82 Å². The molecule has 0 amide bonds. The van der Waals surface area contributed by atoms with Gasteiger partial charge in [-0.15, -0.1) is 0 Å². The summed E-state index contributed by atoms with van der Waals surface area (Å²) in [5, 5.41) is 6.74. The molecule has 23 heavy (non-hydrogen) atoms. The molecule has 0 bridgehead atoms. The standard InChI is InChI=1S/C19H25FN2O/c1-2-21-11-4-12-22-14-17-5-3-6-19(13-17)23-15-16-7-9-18(20)10-8-16/h3,5-10,13,21-22H,2,4,11-12,14-15H2,1H3. The van der Waals surface area contributed by atoms with Crippen LogP contribution in [-0.4, -0.2) is 19.6 Å². The van der Waals surface area contributed by atoms with Crippen molar-refractivity contribution in [2.45, 2.75) is 26.5 Å². The zero-order chi connectivity index (χ0) is 16.3. The summed E-state index contributed by atoms with van der Waals surface area (Å²) >= 11 is 0. The van der Waals surface area contributed by atoms with Crippen LogP contribution in [0.2, 0.25) is 0 Å². The molecule has 0 aliphatic rings. The second kappa shape index (κ2) is 9.98. The van der Waals surface area contributed by atoms with E-state index in [0.29, 0.717) is 6.61 Å². The zero-order valence-corrected chi connectivity index (χ0v) is 13.6. The van der Waals surface area contributed by atoms with Gasteiger partial charge in [-0.2, -0.15) is 0 Å². The fourth-order valence-corrected chi connectivity index (χ4v) is 2.24. The molecule has 2 N–H and O–H groups in total. The highest BCUT2D eigenvalue weighted by Crippen LogP contribution is 2.15. The van der Waals surface area contributed by atoms with Gasteiger partial charge in [0.1, 0.15) is 18.2 Å². The highest BCUT2D eigenvalue weighted by atomic mass is 19.1. The van der Waals surface area contributed by atoms with E-state index in [9.17, 15) is 4.39 Å².